The van der Waals surface area contributed by atoms with Crippen molar-refractivity contribution in [3.8, 4) is 5.75 Å². The summed E-state index contributed by atoms with van der Waals surface area (Å²) >= 11 is 3.31. The molecule has 8 heteroatoms. The van der Waals surface area contributed by atoms with Crippen molar-refractivity contribution >= 4 is 37.3 Å². The summed E-state index contributed by atoms with van der Waals surface area (Å²) in [4.78, 5) is 0.260. The Morgan fingerprint density at radius 3 is 2.38 bits per heavy atom. The second kappa shape index (κ2) is 7.85. The van der Waals surface area contributed by atoms with Gasteiger partial charge in [0.25, 0.3) is 0 Å². The number of sulfonamides is 1. The van der Waals surface area contributed by atoms with Crippen LogP contribution in [-0.4, -0.2) is 30.9 Å². The second-order valence-electron chi connectivity index (χ2n) is 6.41. The van der Waals surface area contributed by atoms with Gasteiger partial charge in [-0.2, -0.15) is 9.42 Å². The molecule has 0 saturated carbocycles. The Morgan fingerprint density at radius 2 is 1.73 bits per heavy atom. The minimum absolute atomic E-state index is 0.0236. The Bertz CT molecular complexity index is 906. The van der Waals surface area contributed by atoms with Crippen molar-refractivity contribution in [2.45, 2.75) is 24.7 Å². The molecule has 3 rings (SSSR count). The summed E-state index contributed by atoms with van der Waals surface area (Å²) < 4.78 is 27.7. The molecule has 2 aromatic carbocycles. The van der Waals surface area contributed by atoms with Gasteiger partial charge in [0.2, 0.25) is 10.0 Å². The molecule has 1 aliphatic heterocycles. The molecule has 1 aliphatic rings. The van der Waals surface area contributed by atoms with Crippen molar-refractivity contribution in [1.29, 1.82) is 0 Å². The largest absolute Gasteiger partial charge is 0.506 e. The van der Waals surface area contributed by atoms with E-state index in [9.17, 15) is 13.5 Å². The number of nitrogens with zero attached hydrogens (tertiary/aromatic N) is 3. The van der Waals surface area contributed by atoms with E-state index in [1.54, 1.807) is 40.7 Å². The quantitative estimate of drug-likeness (QED) is 0.683. The highest BCUT2D eigenvalue weighted by atomic mass is 79.9. The molecule has 2 aromatic rings. The molecule has 0 aromatic heterocycles. The van der Waals surface area contributed by atoms with Crippen molar-refractivity contribution in [3.63, 3.8) is 0 Å². The van der Waals surface area contributed by atoms with Crippen LogP contribution in [0.4, 0.5) is 11.4 Å². The predicted octanol–water partition coefficient (Wildman–Crippen LogP) is 4.99. The number of aromatic hydroxyl groups is 1. The third-order valence-corrected chi connectivity index (χ3v) is 6.83. The lowest BCUT2D eigenvalue weighted by molar-refractivity contribution is 0.288. The van der Waals surface area contributed by atoms with Crippen LogP contribution < -0.4 is 0 Å². The van der Waals surface area contributed by atoms with Crippen LogP contribution in [0.2, 0.25) is 0 Å². The van der Waals surface area contributed by atoms with Crippen LogP contribution in [0.3, 0.4) is 0 Å². The molecule has 0 atom stereocenters. The number of rotatable bonds is 4. The molecule has 6 nitrogen and oxygen atoms in total. The molecule has 0 aliphatic carbocycles. The van der Waals surface area contributed by atoms with E-state index >= 15 is 0 Å². The maximum Gasteiger partial charge on any atom is 0.243 e. The lowest BCUT2D eigenvalue weighted by Crippen LogP contribution is -2.37. The van der Waals surface area contributed by atoms with Crippen LogP contribution in [0, 0.1) is 5.92 Å². The number of hydrogen-bond acceptors (Lipinski definition) is 5. The fourth-order valence-electron chi connectivity index (χ4n) is 2.75. The van der Waals surface area contributed by atoms with Crippen molar-refractivity contribution in [3.05, 3.63) is 46.9 Å². The van der Waals surface area contributed by atoms with Gasteiger partial charge in [0.1, 0.15) is 11.4 Å². The van der Waals surface area contributed by atoms with Gasteiger partial charge in [0, 0.05) is 17.6 Å². The van der Waals surface area contributed by atoms with Crippen molar-refractivity contribution in [1.82, 2.24) is 4.31 Å². The Kier molecular flexibility index (Phi) is 5.74. The van der Waals surface area contributed by atoms with E-state index in [0.29, 0.717) is 30.4 Å². The average Bonchev–Trinajstić information content (AvgIpc) is 2.63. The minimum atomic E-state index is -3.47. The van der Waals surface area contributed by atoms with Crippen molar-refractivity contribution < 1.29 is 13.5 Å². The molecule has 0 unspecified atom stereocenters. The first-order chi connectivity index (χ1) is 12.4. The van der Waals surface area contributed by atoms with Gasteiger partial charge >= 0.3 is 0 Å². The first kappa shape index (κ1) is 19.0. The molecule has 1 N–H and O–H groups in total. The van der Waals surface area contributed by atoms with Crippen LogP contribution in [0.15, 0.2) is 62.1 Å². The zero-order chi connectivity index (χ0) is 18.7. The SMILES string of the molecule is CC1CCN(S(=O)(=O)c2ccc(N=Nc3cc(Br)ccc3O)cc2)CC1. The summed E-state index contributed by atoms with van der Waals surface area (Å²) in [6.07, 6.45) is 1.78. The summed E-state index contributed by atoms with van der Waals surface area (Å²) in [5, 5.41) is 17.8. The topological polar surface area (TPSA) is 82.3 Å². The number of benzene rings is 2. The smallest absolute Gasteiger partial charge is 0.243 e. The number of hydrogen-bond donors (Lipinski definition) is 1. The van der Waals surface area contributed by atoms with Gasteiger partial charge in [-0.15, -0.1) is 5.11 Å². The van der Waals surface area contributed by atoms with Crippen molar-refractivity contribution in [2.75, 3.05) is 13.1 Å². The van der Waals surface area contributed by atoms with Gasteiger partial charge < -0.3 is 5.11 Å². The van der Waals surface area contributed by atoms with E-state index in [4.69, 9.17) is 0 Å². The summed E-state index contributed by atoms with van der Waals surface area (Å²) in [7, 11) is -3.47. The Balaban J connectivity index is 1.76. The Hall–Kier alpha value is -1.77. The molecule has 1 fully saturated rings. The van der Waals surface area contributed by atoms with Gasteiger partial charge in [0.05, 0.1) is 10.6 Å². The zero-order valence-corrected chi connectivity index (χ0v) is 16.7. The van der Waals surface area contributed by atoms with E-state index in [0.717, 1.165) is 17.3 Å². The third-order valence-electron chi connectivity index (χ3n) is 4.43. The van der Waals surface area contributed by atoms with E-state index in [-0.39, 0.29) is 10.6 Å². The van der Waals surface area contributed by atoms with Crippen LogP contribution in [0.5, 0.6) is 5.75 Å². The van der Waals surface area contributed by atoms with Gasteiger partial charge in [-0.25, -0.2) is 8.42 Å². The number of piperidine rings is 1. The van der Waals surface area contributed by atoms with E-state index < -0.39 is 10.0 Å². The molecule has 1 saturated heterocycles. The fourth-order valence-corrected chi connectivity index (χ4v) is 4.57. The fraction of sp³-hybridized carbons (Fsp3) is 0.333. The van der Waals surface area contributed by atoms with E-state index in [1.807, 2.05) is 0 Å². The molecule has 0 amide bonds. The molecule has 0 bridgehead atoms. The molecule has 138 valence electrons. The van der Waals surface area contributed by atoms with Crippen LogP contribution in [0.25, 0.3) is 0 Å². The Labute approximate surface area is 161 Å². The van der Waals surface area contributed by atoms with E-state index in [2.05, 4.69) is 33.1 Å². The summed E-state index contributed by atoms with van der Waals surface area (Å²) in [5.41, 5.74) is 0.842. The maximum absolute atomic E-state index is 12.7. The first-order valence-electron chi connectivity index (χ1n) is 8.37. The zero-order valence-electron chi connectivity index (χ0n) is 14.3. The normalized spacial score (nSPS) is 17.0. The first-order valence-corrected chi connectivity index (χ1v) is 10.6. The molecule has 0 radical (unpaired) electrons. The highest BCUT2D eigenvalue weighted by molar-refractivity contribution is 9.10. The number of phenols is 1. The standard InChI is InChI=1S/C18H20BrN3O3S/c1-13-8-10-22(11-9-13)26(24,25)16-5-3-15(4-6-16)20-21-17-12-14(19)2-7-18(17)23/h2-7,12-13,23H,8-11H2,1H3. The molecular weight excluding hydrogens is 418 g/mol. The maximum atomic E-state index is 12.7. The number of halogens is 1. The van der Waals surface area contributed by atoms with E-state index in [1.165, 1.54) is 6.07 Å². The van der Waals surface area contributed by atoms with Gasteiger partial charge in [0.15, 0.2) is 0 Å². The van der Waals surface area contributed by atoms with Crippen LogP contribution in [0.1, 0.15) is 19.8 Å². The third kappa shape index (κ3) is 4.31. The monoisotopic (exact) mass is 437 g/mol. The second-order valence-corrected chi connectivity index (χ2v) is 9.27. The molecule has 0 spiro atoms. The number of azo groups is 1. The van der Waals surface area contributed by atoms with Crippen LogP contribution >= 0.6 is 15.9 Å². The molecular formula is C18H20BrN3O3S. The lowest BCUT2D eigenvalue weighted by atomic mass is 10.0. The highest BCUT2D eigenvalue weighted by Crippen LogP contribution is 2.31. The highest BCUT2D eigenvalue weighted by Gasteiger charge is 2.27. The summed E-state index contributed by atoms with van der Waals surface area (Å²) in [5.74, 6) is 0.592. The average molecular weight is 438 g/mol. The van der Waals surface area contributed by atoms with Gasteiger partial charge in [-0.05, 0) is 61.2 Å². The molecule has 26 heavy (non-hydrogen) atoms. The predicted molar refractivity (Wildman–Crippen MR) is 104 cm³/mol. The molecule has 1 heterocycles. The summed E-state index contributed by atoms with van der Waals surface area (Å²) in [6.45, 7) is 3.27. The van der Waals surface area contributed by atoms with Gasteiger partial charge in [-0.3, -0.25) is 0 Å². The minimum Gasteiger partial charge on any atom is -0.506 e. The lowest BCUT2D eigenvalue weighted by Gasteiger charge is -2.29. The van der Waals surface area contributed by atoms with Gasteiger partial charge in [-0.1, -0.05) is 22.9 Å². The van der Waals surface area contributed by atoms with Crippen molar-refractivity contribution in [2.24, 2.45) is 16.1 Å². The van der Waals surface area contributed by atoms with Crippen LogP contribution in [-0.2, 0) is 10.0 Å². The Morgan fingerprint density at radius 1 is 1.08 bits per heavy atom. The number of phenolic OH excluding ortho intramolecular Hbond substituents is 1. The summed E-state index contributed by atoms with van der Waals surface area (Å²) in [6, 6.07) is 11.2.